The summed E-state index contributed by atoms with van der Waals surface area (Å²) >= 11 is 0. The molecule has 24 heavy (non-hydrogen) atoms. The van der Waals surface area contributed by atoms with Crippen LogP contribution in [0.1, 0.15) is 17.3 Å². The van der Waals surface area contributed by atoms with Gasteiger partial charge in [0.2, 0.25) is 0 Å². The van der Waals surface area contributed by atoms with E-state index >= 15 is 0 Å². The molecular formula is C16H19N3O5. The highest BCUT2D eigenvalue weighted by Gasteiger charge is 2.50. The molecule has 0 bridgehead atoms. The number of aliphatic hydroxyl groups excluding tert-OH is 3. The summed E-state index contributed by atoms with van der Waals surface area (Å²) in [5, 5.41) is 32.7. The van der Waals surface area contributed by atoms with Gasteiger partial charge >= 0.3 is 0 Å². The van der Waals surface area contributed by atoms with Crippen LogP contribution in [0.2, 0.25) is 0 Å². The van der Waals surface area contributed by atoms with Crippen LogP contribution in [0.4, 0.5) is 0 Å². The summed E-state index contributed by atoms with van der Waals surface area (Å²) in [5.74, 6) is -0.739. The van der Waals surface area contributed by atoms with E-state index in [0.29, 0.717) is 11.4 Å². The zero-order valence-corrected chi connectivity index (χ0v) is 13.0. The number of carbonyl (C=O) groups excluding carboxylic acids is 2. The molecule has 2 aliphatic rings. The largest absolute Gasteiger partial charge is 0.388 e. The number of aliphatic hydroxyl groups is 3. The number of rotatable bonds is 2. The molecule has 128 valence electrons. The van der Waals surface area contributed by atoms with E-state index < -0.39 is 42.2 Å². The van der Waals surface area contributed by atoms with Crippen LogP contribution in [0, 0.1) is 0 Å². The van der Waals surface area contributed by atoms with E-state index in [1.807, 2.05) is 0 Å². The lowest BCUT2D eigenvalue weighted by atomic mass is 9.87. The molecule has 1 aromatic carbocycles. The number of hydrogen-bond donors (Lipinski definition) is 4. The fourth-order valence-corrected chi connectivity index (χ4v) is 3.17. The first-order valence-corrected chi connectivity index (χ1v) is 7.66. The van der Waals surface area contributed by atoms with Gasteiger partial charge in [-0.3, -0.25) is 9.59 Å². The number of carbonyl (C=O) groups is 2. The van der Waals surface area contributed by atoms with E-state index in [2.05, 4.69) is 10.3 Å². The third kappa shape index (κ3) is 2.79. The zero-order chi connectivity index (χ0) is 17.4. The number of hydrogen-bond acceptors (Lipinski definition) is 6. The lowest BCUT2D eigenvalue weighted by Crippen LogP contribution is -2.71. The molecule has 8 nitrogen and oxygen atoms in total. The van der Waals surface area contributed by atoms with Crippen LogP contribution in [0.5, 0.6) is 0 Å². The Labute approximate surface area is 138 Å². The minimum absolute atomic E-state index is 0.0171. The Kier molecular flexibility index (Phi) is 4.35. The molecule has 1 saturated heterocycles. The number of amidine groups is 1. The Bertz CT molecular complexity index is 678. The number of amides is 2. The standard InChI is InChI=1S/C16H19N3O5/c1-8-17-16(24)11(18-15(23)9-5-3-2-4-6-9)12-14(22)13(21)10(20)7-19(8)12/h2-6,10-14,20-22H,7H2,1H3,(H,18,23)/t10-,11-,12+,13-,14-/m1/s1. The van der Waals surface area contributed by atoms with Crippen LogP contribution in [0.3, 0.4) is 0 Å². The Morgan fingerprint density at radius 1 is 1.21 bits per heavy atom. The summed E-state index contributed by atoms with van der Waals surface area (Å²) in [5.41, 5.74) is 0.369. The van der Waals surface area contributed by atoms with Gasteiger partial charge in [0.1, 0.15) is 24.1 Å². The van der Waals surface area contributed by atoms with E-state index in [4.69, 9.17) is 0 Å². The molecule has 5 atom stereocenters. The number of piperidine rings is 1. The number of benzene rings is 1. The van der Waals surface area contributed by atoms with Gasteiger partial charge in [-0.15, -0.1) is 0 Å². The first-order valence-electron chi connectivity index (χ1n) is 7.66. The molecule has 2 amide bonds. The predicted octanol–water partition coefficient (Wildman–Crippen LogP) is -1.49. The second-order valence-corrected chi connectivity index (χ2v) is 6.01. The number of nitrogens with zero attached hydrogens (tertiary/aromatic N) is 2. The van der Waals surface area contributed by atoms with Crippen LogP contribution in [0.25, 0.3) is 0 Å². The maximum atomic E-state index is 12.3. The summed E-state index contributed by atoms with van der Waals surface area (Å²) < 4.78 is 0. The minimum atomic E-state index is -1.40. The third-order valence-corrected chi connectivity index (χ3v) is 4.46. The van der Waals surface area contributed by atoms with Crippen LogP contribution in [0.15, 0.2) is 35.3 Å². The molecule has 2 heterocycles. The molecule has 1 fully saturated rings. The van der Waals surface area contributed by atoms with Crippen molar-refractivity contribution in [3.63, 3.8) is 0 Å². The molecule has 4 N–H and O–H groups in total. The van der Waals surface area contributed by atoms with Crippen molar-refractivity contribution in [1.82, 2.24) is 10.2 Å². The normalized spacial score (nSPS) is 32.8. The molecule has 0 aromatic heterocycles. The zero-order valence-electron chi connectivity index (χ0n) is 13.0. The topological polar surface area (TPSA) is 122 Å². The molecule has 0 spiro atoms. The van der Waals surface area contributed by atoms with Crippen molar-refractivity contribution < 1.29 is 24.9 Å². The van der Waals surface area contributed by atoms with Crippen LogP contribution in [-0.2, 0) is 4.79 Å². The Hall–Kier alpha value is -2.29. The van der Waals surface area contributed by atoms with Crippen molar-refractivity contribution in [3.8, 4) is 0 Å². The minimum Gasteiger partial charge on any atom is -0.388 e. The maximum Gasteiger partial charge on any atom is 0.272 e. The van der Waals surface area contributed by atoms with Gasteiger partial charge in [0.15, 0.2) is 0 Å². The van der Waals surface area contributed by atoms with E-state index in [1.165, 1.54) is 0 Å². The van der Waals surface area contributed by atoms with Crippen molar-refractivity contribution in [1.29, 1.82) is 0 Å². The van der Waals surface area contributed by atoms with Gasteiger partial charge in [0.25, 0.3) is 11.8 Å². The monoisotopic (exact) mass is 333 g/mol. The Morgan fingerprint density at radius 3 is 2.54 bits per heavy atom. The fraction of sp³-hybridized carbons (Fsp3) is 0.438. The molecule has 1 aromatic rings. The third-order valence-electron chi connectivity index (χ3n) is 4.46. The average Bonchev–Trinajstić information content (AvgIpc) is 2.57. The van der Waals surface area contributed by atoms with Gasteiger partial charge in [0.05, 0.1) is 12.1 Å². The van der Waals surface area contributed by atoms with E-state index in [-0.39, 0.29) is 6.54 Å². The summed E-state index contributed by atoms with van der Waals surface area (Å²) in [7, 11) is 0. The molecule has 0 aliphatic carbocycles. The van der Waals surface area contributed by atoms with Crippen LogP contribution >= 0.6 is 0 Å². The highest BCUT2D eigenvalue weighted by atomic mass is 16.4. The van der Waals surface area contributed by atoms with Gasteiger partial charge in [-0.25, -0.2) is 0 Å². The smallest absolute Gasteiger partial charge is 0.272 e. The average molecular weight is 333 g/mol. The van der Waals surface area contributed by atoms with Crippen molar-refractivity contribution >= 4 is 17.6 Å². The molecule has 0 unspecified atom stereocenters. The molecule has 3 rings (SSSR count). The van der Waals surface area contributed by atoms with Crippen LogP contribution in [-0.4, -0.2) is 74.8 Å². The lowest BCUT2D eigenvalue weighted by Gasteiger charge is -2.48. The van der Waals surface area contributed by atoms with E-state index in [9.17, 15) is 24.9 Å². The first kappa shape index (κ1) is 16.6. The highest BCUT2D eigenvalue weighted by molar-refractivity contribution is 6.03. The summed E-state index contributed by atoms with van der Waals surface area (Å²) in [6, 6.07) is 6.36. The van der Waals surface area contributed by atoms with Crippen LogP contribution < -0.4 is 5.32 Å². The second-order valence-electron chi connectivity index (χ2n) is 6.01. The molecular weight excluding hydrogens is 314 g/mol. The van der Waals surface area contributed by atoms with Gasteiger partial charge in [-0.1, -0.05) is 18.2 Å². The number of aliphatic imine (C=N–C) groups is 1. The number of fused-ring (bicyclic) bond motifs is 1. The molecule has 8 heteroatoms. The van der Waals surface area contributed by atoms with Crippen molar-refractivity contribution in [3.05, 3.63) is 35.9 Å². The molecule has 0 saturated carbocycles. The van der Waals surface area contributed by atoms with E-state index in [1.54, 1.807) is 42.2 Å². The number of nitrogens with one attached hydrogen (secondary N) is 1. The second kappa shape index (κ2) is 6.31. The Morgan fingerprint density at radius 2 is 1.88 bits per heavy atom. The van der Waals surface area contributed by atoms with Crippen molar-refractivity contribution in [2.45, 2.75) is 37.3 Å². The van der Waals surface area contributed by atoms with Gasteiger partial charge < -0.3 is 25.5 Å². The summed E-state index contributed by atoms with van der Waals surface area (Å²) in [6.07, 6.45) is -3.97. The predicted molar refractivity (Wildman–Crippen MR) is 84.3 cm³/mol. The Balaban J connectivity index is 1.89. The van der Waals surface area contributed by atoms with Gasteiger partial charge in [0, 0.05) is 12.1 Å². The van der Waals surface area contributed by atoms with E-state index in [0.717, 1.165) is 0 Å². The molecule has 2 aliphatic heterocycles. The first-order chi connectivity index (χ1) is 11.4. The SMILES string of the molecule is CC1=NC(=O)[C@H](NC(=O)c2ccccc2)[C@H]2[C@@H](O)[C@H](O)[C@H](O)CN12. The summed E-state index contributed by atoms with van der Waals surface area (Å²) in [6.45, 7) is 1.60. The lowest BCUT2D eigenvalue weighted by molar-refractivity contribution is -0.142. The van der Waals surface area contributed by atoms with Crippen molar-refractivity contribution in [2.24, 2.45) is 4.99 Å². The van der Waals surface area contributed by atoms with Gasteiger partial charge in [-0.2, -0.15) is 4.99 Å². The quantitative estimate of drug-likeness (QED) is 0.523. The van der Waals surface area contributed by atoms with Crippen molar-refractivity contribution in [2.75, 3.05) is 6.54 Å². The fourth-order valence-electron chi connectivity index (χ4n) is 3.17. The summed E-state index contributed by atoms with van der Waals surface area (Å²) in [4.78, 5) is 30.0. The highest BCUT2D eigenvalue weighted by Crippen LogP contribution is 2.26. The van der Waals surface area contributed by atoms with Gasteiger partial charge in [-0.05, 0) is 19.1 Å². The molecule has 0 radical (unpaired) electrons. The maximum absolute atomic E-state index is 12.3.